The number of pyridine rings is 1. The Bertz CT molecular complexity index is 878. The second-order valence-electron chi connectivity index (χ2n) is 4.21. The van der Waals surface area contributed by atoms with E-state index in [9.17, 15) is 9.90 Å². The number of aromatic amines is 1. The van der Waals surface area contributed by atoms with Crippen LogP contribution < -0.4 is 10.9 Å². The number of aromatic hydroxyl groups is 1. The summed E-state index contributed by atoms with van der Waals surface area (Å²) in [5.74, 6) is -0.0168. The van der Waals surface area contributed by atoms with Crippen molar-refractivity contribution >= 4 is 54.5 Å². The molecule has 0 aliphatic heterocycles. The number of H-pyrrole nitrogens is 1. The molecule has 0 unspecified atom stereocenters. The molecule has 0 amide bonds. The molecule has 0 aliphatic rings. The average Bonchev–Trinajstić information content (AvgIpc) is 2.44. The van der Waals surface area contributed by atoms with Crippen LogP contribution >= 0.6 is 31.9 Å². The van der Waals surface area contributed by atoms with Gasteiger partial charge >= 0.3 is 0 Å². The summed E-state index contributed by atoms with van der Waals surface area (Å²) in [5.41, 5.74) is 0.696. The average molecular weight is 412 g/mol. The molecule has 3 rings (SSSR count). The third-order valence-electron chi connectivity index (χ3n) is 2.75. The minimum absolute atomic E-state index is 0.195. The summed E-state index contributed by atoms with van der Waals surface area (Å²) >= 11 is 6.45. The fraction of sp³-hybridized carbons (Fsp3) is 0. The Balaban J connectivity index is 2.05. The predicted octanol–water partition coefficient (Wildman–Crippen LogP) is 3.29. The normalized spacial score (nSPS) is 10.8. The van der Waals surface area contributed by atoms with Crippen LogP contribution in [0.2, 0.25) is 0 Å². The van der Waals surface area contributed by atoms with Crippen molar-refractivity contribution in [1.82, 2.24) is 15.0 Å². The summed E-state index contributed by atoms with van der Waals surface area (Å²) in [7, 11) is 0. The van der Waals surface area contributed by atoms with E-state index in [1.807, 2.05) is 24.3 Å². The first kappa shape index (κ1) is 14.0. The van der Waals surface area contributed by atoms with Gasteiger partial charge in [-0.3, -0.25) is 4.79 Å². The van der Waals surface area contributed by atoms with E-state index in [-0.39, 0.29) is 23.0 Å². The fourth-order valence-corrected chi connectivity index (χ4v) is 2.36. The third kappa shape index (κ3) is 2.91. The number of aromatic nitrogens is 3. The first-order valence-electron chi connectivity index (χ1n) is 5.85. The van der Waals surface area contributed by atoms with Gasteiger partial charge in [-0.15, -0.1) is 0 Å². The number of hydrogen-bond donors (Lipinski definition) is 3. The number of hydrogen-bond acceptors (Lipinski definition) is 5. The lowest BCUT2D eigenvalue weighted by atomic mass is 10.3. The fourth-order valence-electron chi connectivity index (χ4n) is 1.76. The first-order valence-corrected chi connectivity index (χ1v) is 7.43. The minimum atomic E-state index is -0.324. The van der Waals surface area contributed by atoms with Crippen molar-refractivity contribution in [3.63, 3.8) is 0 Å². The first-order chi connectivity index (χ1) is 10.0. The molecule has 0 aliphatic carbocycles. The lowest BCUT2D eigenvalue weighted by Crippen LogP contribution is -2.08. The van der Waals surface area contributed by atoms with Crippen LogP contribution in [-0.2, 0) is 0 Å². The molecule has 2 aromatic heterocycles. The predicted molar refractivity (Wildman–Crippen MR) is 86.9 cm³/mol. The van der Waals surface area contributed by atoms with Crippen LogP contribution in [0.3, 0.4) is 0 Å². The van der Waals surface area contributed by atoms with Crippen LogP contribution in [0, 0.1) is 0 Å². The molecule has 0 saturated carbocycles. The molecule has 106 valence electrons. The molecular weight excluding hydrogens is 404 g/mol. The Hall–Kier alpha value is -1.93. The molecule has 0 fully saturated rings. The zero-order valence-corrected chi connectivity index (χ0v) is 13.6. The van der Waals surface area contributed by atoms with Gasteiger partial charge in [0.2, 0.25) is 11.8 Å². The van der Waals surface area contributed by atoms with Gasteiger partial charge in [0.25, 0.3) is 5.56 Å². The smallest absolute Gasteiger partial charge is 0.263 e. The SMILES string of the molecule is O=c1[nH]c2nc(Nc3ccc(Br)cc3)nc(O)c2cc1Br. The van der Waals surface area contributed by atoms with Crippen molar-refractivity contribution in [2.75, 3.05) is 5.32 Å². The van der Waals surface area contributed by atoms with Crippen molar-refractivity contribution in [3.05, 3.63) is 49.6 Å². The van der Waals surface area contributed by atoms with E-state index in [0.717, 1.165) is 10.2 Å². The molecule has 2 heterocycles. The van der Waals surface area contributed by atoms with Gasteiger partial charge in [-0.25, -0.2) is 0 Å². The molecular formula is C13H8Br2N4O2. The second-order valence-corrected chi connectivity index (χ2v) is 5.98. The Morgan fingerprint density at radius 1 is 1.14 bits per heavy atom. The molecule has 0 atom stereocenters. The van der Waals surface area contributed by atoms with Gasteiger partial charge in [0.1, 0.15) is 5.65 Å². The number of nitrogens with zero attached hydrogens (tertiary/aromatic N) is 2. The zero-order chi connectivity index (χ0) is 15.0. The summed E-state index contributed by atoms with van der Waals surface area (Å²) in [6, 6.07) is 8.87. The van der Waals surface area contributed by atoms with Gasteiger partial charge in [-0.2, -0.15) is 9.97 Å². The van der Waals surface area contributed by atoms with E-state index in [4.69, 9.17) is 0 Å². The van der Waals surface area contributed by atoms with E-state index >= 15 is 0 Å². The van der Waals surface area contributed by atoms with E-state index in [1.54, 1.807) is 0 Å². The molecule has 8 heteroatoms. The lowest BCUT2D eigenvalue weighted by Gasteiger charge is -2.07. The Labute approximate surface area is 135 Å². The number of nitrogens with one attached hydrogen (secondary N) is 2. The maximum Gasteiger partial charge on any atom is 0.263 e. The molecule has 0 radical (unpaired) electrons. The zero-order valence-electron chi connectivity index (χ0n) is 10.4. The molecule has 0 spiro atoms. The molecule has 3 aromatic rings. The number of rotatable bonds is 2. The molecule has 1 aromatic carbocycles. The van der Waals surface area contributed by atoms with E-state index in [0.29, 0.717) is 9.86 Å². The summed E-state index contributed by atoms with van der Waals surface area (Å²) in [6.07, 6.45) is 0. The maximum atomic E-state index is 11.6. The monoisotopic (exact) mass is 410 g/mol. The Morgan fingerprint density at radius 3 is 2.57 bits per heavy atom. The van der Waals surface area contributed by atoms with Crippen LogP contribution in [0.5, 0.6) is 5.88 Å². The van der Waals surface area contributed by atoms with Crippen LogP contribution in [-0.4, -0.2) is 20.1 Å². The molecule has 6 nitrogen and oxygen atoms in total. The molecule has 0 bridgehead atoms. The Kier molecular flexibility index (Phi) is 3.64. The van der Waals surface area contributed by atoms with Crippen LogP contribution in [0.25, 0.3) is 11.0 Å². The van der Waals surface area contributed by atoms with Gasteiger partial charge in [0.05, 0.1) is 9.86 Å². The number of anilines is 2. The summed E-state index contributed by atoms with van der Waals surface area (Å²) in [5, 5.41) is 13.3. The van der Waals surface area contributed by atoms with Gasteiger partial charge in [-0.05, 0) is 46.3 Å². The van der Waals surface area contributed by atoms with Crippen LogP contribution in [0.1, 0.15) is 0 Å². The highest BCUT2D eigenvalue weighted by Gasteiger charge is 2.10. The second kappa shape index (κ2) is 5.45. The third-order valence-corrected chi connectivity index (χ3v) is 3.86. The van der Waals surface area contributed by atoms with E-state index < -0.39 is 0 Å². The van der Waals surface area contributed by atoms with Crippen molar-refractivity contribution in [2.45, 2.75) is 0 Å². The number of fused-ring (bicyclic) bond motifs is 1. The Morgan fingerprint density at radius 2 is 1.86 bits per heavy atom. The minimum Gasteiger partial charge on any atom is -0.493 e. The largest absolute Gasteiger partial charge is 0.493 e. The van der Waals surface area contributed by atoms with Gasteiger partial charge in [0.15, 0.2) is 0 Å². The lowest BCUT2D eigenvalue weighted by molar-refractivity contribution is 0.460. The highest BCUT2D eigenvalue weighted by Crippen LogP contribution is 2.24. The van der Waals surface area contributed by atoms with Gasteiger partial charge in [-0.1, -0.05) is 15.9 Å². The maximum absolute atomic E-state index is 11.6. The highest BCUT2D eigenvalue weighted by molar-refractivity contribution is 9.10. The molecule has 21 heavy (non-hydrogen) atoms. The van der Waals surface area contributed by atoms with Crippen molar-refractivity contribution < 1.29 is 5.11 Å². The summed E-state index contributed by atoms with van der Waals surface area (Å²) < 4.78 is 1.26. The van der Waals surface area contributed by atoms with Crippen molar-refractivity contribution in [3.8, 4) is 5.88 Å². The quantitative estimate of drug-likeness (QED) is 0.601. The van der Waals surface area contributed by atoms with Crippen molar-refractivity contribution in [2.24, 2.45) is 0 Å². The van der Waals surface area contributed by atoms with Gasteiger partial charge in [0, 0.05) is 10.2 Å². The standard InChI is InChI=1S/C13H8Br2N4O2/c14-6-1-3-7(4-2-6)16-13-18-10-8(11(20)19-13)5-9(15)12(21)17-10/h1-5H,(H3,16,17,18,19,20,21). The summed E-state index contributed by atoms with van der Waals surface area (Å²) in [6.45, 7) is 0. The van der Waals surface area contributed by atoms with Gasteiger partial charge < -0.3 is 15.4 Å². The van der Waals surface area contributed by atoms with E-state index in [2.05, 4.69) is 52.1 Å². The highest BCUT2D eigenvalue weighted by atomic mass is 79.9. The summed E-state index contributed by atoms with van der Waals surface area (Å²) in [4.78, 5) is 22.3. The van der Waals surface area contributed by atoms with E-state index in [1.165, 1.54) is 6.07 Å². The van der Waals surface area contributed by atoms with Crippen LogP contribution in [0.4, 0.5) is 11.6 Å². The van der Waals surface area contributed by atoms with Crippen molar-refractivity contribution in [1.29, 1.82) is 0 Å². The topological polar surface area (TPSA) is 90.9 Å². The molecule has 0 saturated heterocycles. The number of benzene rings is 1. The molecule has 3 N–H and O–H groups in total. The number of halogens is 2. The van der Waals surface area contributed by atoms with Crippen LogP contribution in [0.15, 0.2) is 44.1 Å².